The van der Waals surface area contributed by atoms with E-state index in [1.165, 1.54) is 0 Å². The van der Waals surface area contributed by atoms with E-state index in [0.29, 0.717) is 5.56 Å². The number of piperazine rings is 1. The molecule has 1 aromatic carbocycles. The maximum atomic E-state index is 11.1. The van der Waals surface area contributed by atoms with Crippen LogP contribution in [0.2, 0.25) is 0 Å². The molecule has 1 heterocycles. The summed E-state index contributed by atoms with van der Waals surface area (Å²) in [5.74, 6) is -0.383. The summed E-state index contributed by atoms with van der Waals surface area (Å²) in [4.78, 5) is 15.8. The highest BCUT2D eigenvalue weighted by molar-refractivity contribution is 5.93. The van der Waals surface area contributed by atoms with Crippen molar-refractivity contribution in [3.05, 3.63) is 29.8 Å². The summed E-state index contributed by atoms with van der Waals surface area (Å²) < 4.78 is 0. The number of hydrogen-bond acceptors (Lipinski definition) is 4. The number of benzene rings is 1. The Balaban J connectivity index is 0.00000220. The molecule has 1 fully saturated rings. The second kappa shape index (κ2) is 7.11. The molecule has 21 heavy (non-hydrogen) atoms. The van der Waals surface area contributed by atoms with E-state index in [9.17, 15) is 4.79 Å². The summed E-state index contributed by atoms with van der Waals surface area (Å²) in [5.41, 5.74) is 12.9. The molecule has 1 saturated heterocycles. The SMILES string of the molecule is CC(C)(N)CN1CCN(c2ccc(C(N)=O)cc2)CC1.Cl. The van der Waals surface area contributed by atoms with Crippen LogP contribution in [0.15, 0.2) is 24.3 Å². The van der Waals surface area contributed by atoms with E-state index in [2.05, 4.69) is 23.6 Å². The fourth-order valence-electron chi connectivity index (χ4n) is 2.58. The predicted octanol–water partition coefficient (Wildman–Crippen LogP) is 1.07. The molecule has 6 heteroatoms. The van der Waals surface area contributed by atoms with Crippen molar-refractivity contribution >= 4 is 24.0 Å². The standard InChI is InChI=1S/C15H24N4O.ClH/c1-15(2,17)11-18-7-9-19(10-8-18)13-5-3-12(4-6-13)14(16)20;/h3-6H,7-11,17H2,1-2H3,(H2,16,20);1H. The van der Waals surface area contributed by atoms with Crippen molar-refractivity contribution in [2.45, 2.75) is 19.4 Å². The molecule has 0 unspecified atom stereocenters. The lowest BCUT2D eigenvalue weighted by Gasteiger charge is -2.38. The van der Waals surface area contributed by atoms with Crippen molar-refractivity contribution in [2.24, 2.45) is 11.5 Å². The van der Waals surface area contributed by atoms with Gasteiger partial charge in [0, 0.05) is 49.5 Å². The fraction of sp³-hybridized carbons (Fsp3) is 0.533. The molecule has 0 aromatic heterocycles. The second-order valence-electron chi connectivity index (χ2n) is 6.16. The van der Waals surface area contributed by atoms with Gasteiger partial charge in [-0.1, -0.05) is 0 Å². The van der Waals surface area contributed by atoms with Gasteiger partial charge in [0.15, 0.2) is 0 Å². The van der Waals surface area contributed by atoms with Crippen molar-refractivity contribution in [3.8, 4) is 0 Å². The summed E-state index contributed by atoms with van der Waals surface area (Å²) in [7, 11) is 0. The van der Waals surface area contributed by atoms with Crippen LogP contribution >= 0.6 is 12.4 Å². The first-order chi connectivity index (χ1) is 9.35. The molecule has 0 radical (unpaired) electrons. The van der Waals surface area contributed by atoms with Crippen LogP contribution in [0, 0.1) is 0 Å². The van der Waals surface area contributed by atoms with E-state index >= 15 is 0 Å². The molecule has 1 aliphatic heterocycles. The quantitative estimate of drug-likeness (QED) is 0.872. The lowest BCUT2D eigenvalue weighted by molar-refractivity contribution is 0.100. The van der Waals surface area contributed by atoms with Gasteiger partial charge in [0.05, 0.1) is 0 Å². The zero-order chi connectivity index (χ0) is 14.8. The smallest absolute Gasteiger partial charge is 0.248 e. The highest BCUT2D eigenvalue weighted by atomic mass is 35.5. The van der Waals surface area contributed by atoms with Crippen molar-refractivity contribution in [1.82, 2.24) is 4.90 Å². The first-order valence-electron chi connectivity index (χ1n) is 7.01. The third-order valence-electron chi connectivity index (χ3n) is 3.52. The lowest BCUT2D eigenvalue weighted by atomic mass is 10.1. The predicted molar refractivity (Wildman–Crippen MR) is 89.1 cm³/mol. The Morgan fingerprint density at radius 1 is 1.14 bits per heavy atom. The number of nitrogens with zero attached hydrogens (tertiary/aromatic N) is 2. The molecule has 0 spiro atoms. The third-order valence-corrected chi connectivity index (χ3v) is 3.52. The minimum Gasteiger partial charge on any atom is -0.369 e. The average molecular weight is 313 g/mol. The Hall–Kier alpha value is -1.30. The summed E-state index contributed by atoms with van der Waals surface area (Å²) in [6, 6.07) is 7.49. The van der Waals surface area contributed by atoms with Crippen LogP contribution in [0.3, 0.4) is 0 Å². The third kappa shape index (κ3) is 5.19. The van der Waals surface area contributed by atoms with Crippen LogP contribution in [0.4, 0.5) is 5.69 Å². The maximum absolute atomic E-state index is 11.1. The topological polar surface area (TPSA) is 75.6 Å². The number of hydrogen-bond donors (Lipinski definition) is 2. The van der Waals surface area contributed by atoms with Gasteiger partial charge in [0.2, 0.25) is 5.91 Å². The number of rotatable bonds is 4. The lowest BCUT2D eigenvalue weighted by Crippen LogP contribution is -2.53. The van der Waals surface area contributed by atoms with Crippen LogP contribution in [-0.2, 0) is 0 Å². The van der Waals surface area contributed by atoms with Crippen LogP contribution in [0.25, 0.3) is 0 Å². The molecule has 2 rings (SSSR count). The van der Waals surface area contributed by atoms with Gasteiger partial charge in [-0.15, -0.1) is 12.4 Å². The molecule has 0 aliphatic carbocycles. The number of nitrogens with two attached hydrogens (primary N) is 2. The maximum Gasteiger partial charge on any atom is 0.248 e. The molecule has 1 aromatic rings. The van der Waals surface area contributed by atoms with Gasteiger partial charge < -0.3 is 16.4 Å². The Labute approximate surface area is 132 Å². The van der Waals surface area contributed by atoms with E-state index in [1.807, 2.05) is 12.1 Å². The van der Waals surface area contributed by atoms with Crippen molar-refractivity contribution in [1.29, 1.82) is 0 Å². The Kier molecular flexibility index (Phi) is 6.01. The van der Waals surface area contributed by atoms with Crippen LogP contribution in [0.1, 0.15) is 24.2 Å². The van der Waals surface area contributed by atoms with Crippen LogP contribution in [-0.4, -0.2) is 49.1 Å². The monoisotopic (exact) mass is 312 g/mol. The number of carbonyl (C=O) groups excluding carboxylic acids is 1. The minimum atomic E-state index is -0.383. The molecule has 0 bridgehead atoms. The summed E-state index contributed by atoms with van der Waals surface area (Å²) in [6.07, 6.45) is 0. The van der Waals surface area contributed by atoms with Gasteiger partial charge in [0.1, 0.15) is 0 Å². The Bertz CT molecular complexity index is 462. The highest BCUT2D eigenvalue weighted by Gasteiger charge is 2.21. The molecule has 4 N–H and O–H groups in total. The van der Waals surface area contributed by atoms with Crippen molar-refractivity contribution < 1.29 is 4.79 Å². The summed E-state index contributed by atoms with van der Waals surface area (Å²) >= 11 is 0. The van der Waals surface area contributed by atoms with Crippen LogP contribution < -0.4 is 16.4 Å². The molecular formula is C15H25ClN4O. The van der Waals surface area contributed by atoms with E-state index < -0.39 is 0 Å². The number of primary amides is 1. The largest absolute Gasteiger partial charge is 0.369 e. The van der Waals surface area contributed by atoms with E-state index in [0.717, 1.165) is 38.4 Å². The molecule has 1 amide bonds. The first-order valence-corrected chi connectivity index (χ1v) is 7.01. The zero-order valence-corrected chi connectivity index (χ0v) is 13.5. The molecule has 0 atom stereocenters. The minimum absolute atomic E-state index is 0. The van der Waals surface area contributed by atoms with Gasteiger partial charge in [0.25, 0.3) is 0 Å². The van der Waals surface area contributed by atoms with Gasteiger partial charge in [-0.2, -0.15) is 0 Å². The van der Waals surface area contributed by atoms with Crippen molar-refractivity contribution in [3.63, 3.8) is 0 Å². The molecule has 118 valence electrons. The Morgan fingerprint density at radius 3 is 2.10 bits per heavy atom. The molecule has 1 aliphatic rings. The van der Waals surface area contributed by atoms with Gasteiger partial charge in [-0.3, -0.25) is 9.69 Å². The van der Waals surface area contributed by atoms with E-state index in [1.54, 1.807) is 12.1 Å². The van der Waals surface area contributed by atoms with Gasteiger partial charge >= 0.3 is 0 Å². The highest BCUT2D eigenvalue weighted by Crippen LogP contribution is 2.17. The normalized spacial score (nSPS) is 16.4. The van der Waals surface area contributed by atoms with Crippen molar-refractivity contribution in [2.75, 3.05) is 37.6 Å². The number of amides is 1. The molecule has 0 saturated carbocycles. The van der Waals surface area contributed by atoms with E-state index in [4.69, 9.17) is 11.5 Å². The zero-order valence-electron chi connectivity index (χ0n) is 12.7. The molecule has 5 nitrogen and oxygen atoms in total. The first kappa shape index (κ1) is 17.8. The summed E-state index contributed by atoms with van der Waals surface area (Å²) in [5, 5.41) is 0. The summed E-state index contributed by atoms with van der Waals surface area (Å²) in [6.45, 7) is 9.01. The number of carbonyl (C=O) groups is 1. The van der Waals surface area contributed by atoms with Gasteiger partial charge in [-0.25, -0.2) is 0 Å². The number of halogens is 1. The Morgan fingerprint density at radius 2 is 1.67 bits per heavy atom. The van der Waals surface area contributed by atoms with E-state index in [-0.39, 0.29) is 23.9 Å². The molecular weight excluding hydrogens is 288 g/mol. The fourth-order valence-corrected chi connectivity index (χ4v) is 2.58. The average Bonchev–Trinajstić information content (AvgIpc) is 2.38. The second-order valence-corrected chi connectivity index (χ2v) is 6.16. The van der Waals surface area contributed by atoms with Gasteiger partial charge in [-0.05, 0) is 38.1 Å². The van der Waals surface area contributed by atoms with Crippen LogP contribution in [0.5, 0.6) is 0 Å². The number of anilines is 1.